The zero-order chi connectivity index (χ0) is 12.4. The van der Waals surface area contributed by atoms with Crippen LogP contribution in [0.4, 0.5) is 0 Å². The topological polar surface area (TPSA) is 119 Å². The average Bonchev–Trinajstić information content (AvgIpc) is 2.24. The van der Waals surface area contributed by atoms with E-state index in [1.165, 1.54) is 14.2 Å². The first-order chi connectivity index (χ1) is 7.56. The average molecular weight is 243 g/mol. The van der Waals surface area contributed by atoms with Gasteiger partial charge in [0.15, 0.2) is 6.61 Å². The fourth-order valence-corrected chi connectivity index (χ4v) is 0.690. The van der Waals surface area contributed by atoms with E-state index in [4.69, 9.17) is 0 Å². The summed E-state index contributed by atoms with van der Waals surface area (Å²) in [4.78, 5) is 17.8. The van der Waals surface area contributed by atoms with E-state index in [0.29, 0.717) is 0 Å². The molecule has 3 N–H and O–H groups in total. The van der Waals surface area contributed by atoms with Crippen molar-refractivity contribution in [3.05, 3.63) is 15.6 Å². The molecule has 0 aromatic carbocycles. The van der Waals surface area contributed by atoms with E-state index in [2.05, 4.69) is 19.4 Å². The number of hydrogen-bond acceptors (Lipinski definition) is 7. The van der Waals surface area contributed by atoms with Gasteiger partial charge in [-0.3, -0.25) is 0 Å². The third-order valence-corrected chi connectivity index (χ3v) is 1.34. The van der Waals surface area contributed by atoms with E-state index < -0.39 is 15.8 Å². The zero-order valence-electron chi connectivity index (χ0n) is 9.19. The SMILES string of the molecule is CO[NH+]([O-])OCC[NH+]([O-])OCCO[NH+](C)[O-]. The second kappa shape index (κ2) is 9.80. The first kappa shape index (κ1) is 15.6. The van der Waals surface area contributed by atoms with Crippen LogP contribution in [0.2, 0.25) is 0 Å². The van der Waals surface area contributed by atoms with Crippen LogP contribution in [0.25, 0.3) is 0 Å². The van der Waals surface area contributed by atoms with E-state index in [0.717, 1.165) is 0 Å². The lowest BCUT2D eigenvalue weighted by molar-refractivity contribution is -1.21. The smallest absolute Gasteiger partial charge is 0.162 e. The molecule has 0 saturated heterocycles. The quantitative estimate of drug-likeness (QED) is 0.260. The fraction of sp³-hybridized carbons (Fsp3) is 1.00. The Kier molecular flexibility index (Phi) is 9.55. The van der Waals surface area contributed by atoms with Crippen molar-refractivity contribution in [3.8, 4) is 0 Å². The van der Waals surface area contributed by atoms with Crippen molar-refractivity contribution in [2.75, 3.05) is 40.5 Å². The second-order valence-electron chi connectivity index (χ2n) is 2.61. The molecule has 16 heavy (non-hydrogen) atoms. The Labute approximate surface area is 92.4 Å². The number of quaternary nitrogens is 3. The number of rotatable bonds is 10. The van der Waals surface area contributed by atoms with E-state index in [1.54, 1.807) is 0 Å². The first-order valence-corrected chi connectivity index (χ1v) is 4.56. The molecular weight excluding hydrogens is 226 g/mol. The van der Waals surface area contributed by atoms with Gasteiger partial charge in [-0.1, -0.05) is 5.39 Å². The summed E-state index contributed by atoms with van der Waals surface area (Å²) in [5, 5.41) is 29.9. The molecule has 0 aliphatic rings. The summed E-state index contributed by atoms with van der Waals surface area (Å²) < 4.78 is 0. The van der Waals surface area contributed by atoms with Crippen molar-refractivity contribution < 1.29 is 35.2 Å². The van der Waals surface area contributed by atoms with Crippen molar-refractivity contribution in [2.24, 2.45) is 0 Å². The molecule has 0 aromatic heterocycles. The van der Waals surface area contributed by atoms with Gasteiger partial charge in [-0.2, -0.15) is 9.68 Å². The van der Waals surface area contributed by atoms with Crippen LogP contribution >= 0.6 is 0 Å². The standard InChI is InChI=1S/C6H17N3O7/c1-7(10)14-5-6-15-8(11)3-4-16-9(12)13-2/h7-9H,3-6H2,1-2H3. The van der Waals surface area contributed by atoms with Crippen molar-refractivity contribution in [1.82, 2.24) is 0 Å². The highest BCUT2D eigenvalue weighted by molar-refractivity contribution is 4.19. The second-order valence-corrected chi connectivity index (χ2v) is 2.61. The maximum Gasteiger partial charge on any atom is 0.162 e. The Bertz CT molecular complexity index is 161. The van der Waals surface area contributed by atoms with Gasteiger partial charge in [-0.05, 0) is 0 Å². The Morgan fingerprint density at radius 1 is 0.938 bits per heavy atom. The van der Waals surface area contributed by atoms with Gasteiger partial charge in [0.25, 0.3) is 0 Å². The molecule has 0 amide bonds. The molecule has 10 heteroatoms. The molecule has 0 heterocycles. The number of hydroxylamine groups is 4. The summed E-state index contributed by atoms with van der Waals surface area (Å²) in [5.41, 5.74) is 0. The van der Waals surface area contributed by atoms with Crippen molar-refractivity contribution in [2.45, 2.75) is 0 Å². The highest BCUT2D eigenvalue weighted by atomic mass is 17.1. The van der Waals surface area contributed by atoms with Crippen LogP contribution in [0.15, 0.2) is 0 Å². The van der Waals surface area contributed by atoms with Gasteiger partial charge in [0.2, 0.25) is 0 Å². The minimum atomic E-state index is -0.854. The van der Waals surface area contributed by atoms with Gasteiger partial charge in [-0.25, -0.2) is 20.1 Å². The monoisotopic (exact) mass is 243 g/mol. The molecule has 0 aliphatic heterocycles. The largest absolute Gasteiger partial charge is 0.600 e. The maximum absolute atomic E-state index is 11.0. The molecule has 0 bridgehead atoms. The van der Waals surface area contributed by atoms with Crippen molar-refractivity contribution >= 4 is 0 Å². The third kappa shape index (κ3) is 10.1. The van der Waals surface area contributed by atoms with E-state index in [9.17, 15) is 15.6 Å². The summed E-state index contributed by atoms with van der Waals surface area (Å²) in [6.07, 6.45) is 0. The molecule has 3 atom stereocenters. The molecule has 0 aliphatic carbocycles. The first-order valence-electron chi connectivity index (χ1n) is 4.56. The minimum Gasteiger partial charge on any atom is -0.600 e. The van der Waals surface area contributed by atoms with Crippen LogP contribution in [0.1, 0.15) is 0 Å². The van der Waals surface area contributed by atoms with Gasteiger partial charge in [0, 0.05) is 0 Å². The summed E-state index contributed by atoms with van der Waals surface area (Å²) in [5.74, 6) is 0. The number of hydrogen-bond donors (Lipinski definition) is 3. The van der Waals surface area contributed by atoms with Crippen molar-refractivity contribution in [3.63, 3.8) is 0 Å². The highest BCUT2D eigenvalue weighted by Gasteiger charge is 2.02. The Balaban J connectivity index is 3.27. The van der Waals surface area contributed by atoms with Crippen LogP contribution in [0.3, 0.4) is 0 Å². The number of nitrogens with one attached hydrogen (secondary N) is 3. The van der Waals surface area contributed by atoms with Gasteiger partial charge in [-0.15, -0.1) is 0 Å². The Hall–Kier alpha value is -0.400. The maximum atomic E-state index is 11.0. The van der Waals surface area contributed by atoms with Crippen LogP contribution in [-0.2, 0) is 19.4 Å². The van der Waals surface area contributed by atoms with Crippen molar-refractivity contribution in [1.29, 1.82) is 0 Å². The van der Waals surface area contributed by atoms with E-state index >= 15 is 0 Å². The van der Waals surface area contributed by atoms with E-state index in [1.807, 2.05) is 0 Å². The highest BCUT2D eigenvalue weighted by Crippen LogP contribution is 1.64. The molecule has 0 rings (SSSR count). The molecule has 0 fully saturated rings. The normalized spacial score (nSPS) is 17.1. The summed E-state index contributed by atoms with van der Waals surface area (Å²) >= 11 is 0. The minimum absolute atomic E-state index is 0.0128. The fourth-order valence-electron chi connectivity index (χ4n) is 0.690. The van der Waals surface area contributed by atoms with Gasteiger partial charge >= 0.3 is 0 Å². The molecule has 0 aromatic rings. The van der Waals surface area contributed by atoms with Crippen LogP contribution in [0, 0.1) is 15.6 Å². The van der Waals surface area contributed by atoms with Gasteiger partial charge < -0.3 is 15.6 Å². The predicted molar refractivity (Wildman–Crippen MR) is 48.6 cm³/mol. The zero-order valence-corrected chi connectivity index (χ0v) is 9.19. The van der Waals surface area contributed by atoms with Gasteiger partial charge in [0.1, 0.15) is 19.8 Å². The molecule has 0 saturated carbocycles. The summed E-state index contributed by atoms with van der Waals surface area (Å²) in [6.45, 7) is -0.191. The van der Waals surface area contributed by atoms with Crippen LogP contribution in [-0.4, -0.2) is 40.5 Å². The Morgan fingerprint density at radius 2 is 1.56 bits per heavy atom. The molecule has 0 radical (unpaired) electrons. The summed E-state index contributed by atoms with van der Waals surface area (Å²) in [7, 11) is 2.42. The van der Waals surface area contributed by atoms with Crippen LogP contribution < -0.4 is 15.8 Å². The molecular formula is C6H17N3O7. The summed E-state index contributed by atoms with van der Waals surface area (Å²) in [6, 6.07) is 0. The lowest BCUT2D eigenvalue weighted by atomic mass is 10.7. The predicted octanol–water partition coefficient (Wildman–Crippen LogP) is -4.88. The molecule has 98 valence electrons. The lowest BCUT2D eigenvalue weighted by Gasteiger charge is -2.21. The molecule has 0 spiro atoms. The molecule has 3 unspecified atom stereocenters. The van der Waals surface area contributed by atoms with E-state index in [-0.39, 0.29) is 26.4 Å². The van der Waals surface area contributed by atoms with Gasteiger partial charge in [0.05, 0.1) is 14.2 Å². The van der Waals surface area contributed by atoms with Crippen LogP contribution in [0.5, 0.6) is 0 Å². The Morgan fingerprint density at radius 3 is 2.12 bits per heavy atom. The molecule has 10 nitrogen and oxygen atoms in total. The third-order valence-electron chi connectivity index (χ3n) is 1.34. The lowest BCUT2D eigenvalue weighted by Crippen LogP contribution is -3.09.